The fraction of sp³-hybridized carbons (Fsp3) is 0.357. The van der Waals surface area contributed by atoms with Crippen LogP contribution in [0, 0.1) is 0 Å². The summed E-state index contributed by atoms with van der Waals surface area (Å²) in [5, 5.41) is 0. The summed E-state index contributed by atoms with van der Waals surface area (Å²) in [5.41, 5.74) is 6.65. The van der Waals surface area contributed by atoms with Crippen molar-refractivity contribution in [3.8, 4) is 17.1 Å². The van der Waals surface area contributed by atoms with Gasteiger partial charge in [0.25, 0.3) is 0 Å². The molecule has 0 radical (unpaired) electrons. The lowest BCUT2D eigenvalue weighted by Crippen LogP contribution is -2.25. The number of nitrogens with two attached hydrogens (primary N) is 1. The molecule has 0 aliphatic carbocycles. The zero-order chi connectivity index (χ0) is 14.5. The molecule has 1 aromatic carbocycles. The van der Waals surface area contributed by atoms with Gasteiger partial charge in [-0.1, -0.05) is 12.1 Å². The number of aromatic nitrogens is 3. The molecule has 0 saturated heterocycles. The topological polar surface area (TPSA) is 77.2 Å². The molecular formula is C14H19N5O. The van der Waals surface area contributed by atoms with Crippen LogP contribution in [0.25, 0.3) is 11.4 Å². The SMILES string of the molecule is CCN(CC)c1nc(N)nc(-c2cccc(OC)c2)n1. The minimum absolute atomic E-state index is 0.222. The van der Waals surface area contributed by atoms with E-state index in [2.05, 4.69) is 28.8 Å². The molecule has 1 heterocycles. The first-order chi connectivity index (χ1) is 9.67. The van der Waals surface area contributed by atoms with E-state index in [1.807, 2.05) is 29.2 Å². The molecule has 0 atom stereocenters. The van der Waals surface area contributed by atoms with E-state index in [4.69, 9.17) is 10.5 Å². The smallest absolute Gasteiger partial charge is 0.230 e. The lowest BCUT2D eigenvalue weighted by atomic mass is 10.2. The summed E-state index contributed by atoms with van der Waals surface area (Å²) in [5.74, 6) is 2.13. The lowest BCUT2D eigenvalue weighted by molar-refractivity contribution is 0.415. The number of nitrogens with zero attached hydrogens (tertiary/aromatic N) is 4. The van der Waals surface area contributed by atoms with Crippen LogP contribution in [-0.4, -0.2) is 35.2 Å². The van der Waals surface area contributed by atoms with Crippen LogP contribution >= 0.6 is 0 Å². The lowest BCUT2D eigenvalue weighted by Gasteiger charge is -2.18. The van der Waals surface area contributed by atoms with Crippen LogP contribution in [-0.2, 0) is 0 Å². The monoisotopic (exact) mass is 273 g/mol. The summed E-state index contributed by atoms with van der Waals surface area (Å²) in [6.45, 7) is 5.73. The Kier molecular flexibility index (Phi) is 4.34. The van der Waals surface area contributed by atoms with Gasteiger partial charge >= 0.3 is 0 Å². The summed E-state index contributed by atoms with van der Waals surface area (Å²) < 4.78 is 5.21. The summed E-state index contributed by atoms with van der Waals surface area (Å²) in [6, 6.07) is 7.56. The third-order valence-electron chi connectivity index (χ3n) is 3.02. The van der Waals surface area contributed by atoms with E-state index in [0.29, 0.717) is 11.8 Å². The number of nitrogen functional groups attached to an aromatic ring is 1. The second-order valence-electron chi connectivity index (χ2n) is 4.22. The molecule has 0 fully saturated rings. The normalized spacial score (nSPS) is 10.3. The van der Waals surface area contributed by atoms with Crippen LogP contribution in [0.1, 0.15) is 13.8 Å². The Labute approximate surface area is 118 Å². The van der Waals surface area contributed by atoms with Gasteiger partial charge in [-0.3, -0.25) is 0 Å². The first-order valence-corrected chi connectivity index (χ1v) is 6.58. The number of hydrogen-bond acceptors (Lipinski definition) is 6. The highest BCUT2D eigenvalue weighted by atomic mass is 16.5. The van der Waals surface area contributed by atoms with E-state index in [-0.39, 0.29) is 5.95 Å². The molecule has 20 heavy (non-hydrogen) atoms. The van der Waals surface area contributed by atoms with Crippen LogP contribution in [0.2, 0.25) is 0 Å². The second-order valence-corrected chi connectivity index (χ2v) is 4.22. The molecule has 6 nitrogen and oxygen atoms in total. The summed E-state index contributed by atoms with van der Waals surface area (Å²) in [7, 11) is 1.63. The van der Waals surface area contributed by atoms with Crippen LogP contribution < -0.4 is 15.4 Å². The number of benzene rings is 1. The quantitative estimate of drug-likeness (QED) is 0.897. The van der Waals surface area contributed by atoms with Gasteiger partial charge in [-0.15, -0.1) is 0 Å². The fourth-order valence-electron chi connectivity index (χ4n) is 1.92. The molecule has 0 spiro atoms. The van der Waals surface area contributed by atoms with Crippen LogP contribution in [0.4, 0.5) is 11.9 Å². The predicted molar refractivity (Wildman–Crippen MR) is 79.8 cm³/mol. The molecular weight excluding hydrogens is 254 g/mol. The van der Waals surface area contributed by atoms with E-state index in [1.165, 1.54) is 0 Å². The maximum absolute atomic E-state index is 5.79. The van der Waals surface area contributed by atoms with E-state index >= 15 is 0 Å². The molecule has 2 N–H and O–H groups in total. The molecule has 2 aromatic rings. The van der Waals surface area contributed by atoms with Crippen molar-refractivity contribution in [1.29, 1.82) is 0 Å². The summed E-state index contributed by atoms with van der Waals surface area (Å²) >= 11 is 0. The van der Waals surface area contributed by atoms with Crippen molar-refractivity contribution < 1.29 is 4.74 Å². The van der Waals surface area contributed by atoms with Crippen molar-refractivity contribution in [2.24, 2.45) is 0 Å². The number of rotatable bonds is 5. The third-order valence-corrected chi connectivity index (χ3v) is 3.02. The van der Waals surface area contributed by atoms with E-state index < -0.39 is 0 Å². The number of anilines is 2. The van der Waals surface area contributed by atoms with Crippen LogP contribution in [0.3, 0.4) is 0 Å². The average Bonchev–Trinajstić information content (AvgIpc) is 2.48. The highest BCUT2D eigenvalue weighted by molar-refractivity contribution is 5.60. The Morgan fingerprint density at radius 3 is 2.55 bits per heavy atom. The first kappa shape index (κ1) is 14.0. The minimum Gasteiger partial charge on any atom is -0.497 e. The van der Waals surface area contributed by atoms with Crippen LogP contribution in [0.5, 0.6) is 5.75 Å². The van der Waals surface area contributed by atoms with Crippen LogP contribution in [0.15, 0.2) is 24.3 Å². The fourth-order valence-corrected chi connectivity index (χ4v) is 1.92. The van der Waals surface area contributed by atoms with Gasteiger partial charge in [0.15, 0.2) is 5.82 Å². The van der Waals surface area contributed by atoms with Crippen molar-refractivity contribution in [2.45, 2.75) is 13.8 Å². The molecule has 0 aliphatic heterocycles. The van der Waals surface area contributed by atoms with Crippen molar-refractivity contribution in [3.63, 3.8) is 0 Å². The first-order valence-electron chi connectivity index (χ1n) is 6.58. The minimum atomic E-state index is 0.222. The molecule has 1 aromatic heterocycles. The van der Waals surface area contributed by atoms with Gasteiger partial charge in [0.05, 0.1) is 7.11 Å². The zero-order valence-electron chi connectivity index (χ0n) is 12.0. The van der Waals surface area contributed by atoms with Gasteiger partial charge in [0.2, 0.25) is 11.9 Å². The second kappa shape index (κ2) is 6.18. The molecule has 6 heteroatoms. The van der Waals surface area contributed by atoms with E-state index in [9.17, 15) is 0 Å². The molecule has 106 valence electrons. The third kappa shape index (κ3) is 2.96. The molecule has 0 amide bonds. The van der Waals surface area contributed by atoms with Crippen molar-refractivity contribution in [3.05, 3.63) is 24.3 Å². The van der Waals surface area contributed by atoms with Gasteiger partial charge in [0.1, 0.15) is 5.75 Å². The highest BCUT2D eigenvalue weighted by Gasteiger charge is 2.11. The van der Waals surface area contributed by atoms with E-state index in [1.54, 1.807) is 7.11 Å². The maximum Gasteiger partial charge on any atom is 0.230 e. The Morgan fingerprint density at radius 1 is 1.15 bits per heavy atom. The molecule has 0 unspecified atom stereocenters. The van der Waals surface area contributed by atoms with Gasteiger partial charge in [-0.2, -0.15) is 15.0 Å². The molecule has 0 saturated carbocycles. The van der Waals surface area contributed by atoms with Crippen molar-refractivity contribution in [1.82, 2.24) is 15.0 Å². The Bertz CT molecular complexity index is 584. The van der Waals surface area contributed by atoms with Crippen molar-refractivity contribution >= 4 is 11.9 Å². The van der Waals surface area contributed by atoms with Gasteiger partial charge < -0.3 is 15.4 Å². The number of hydrogen-bond donors (Lipinski definition) is 1. The van der Waals surface area contributed by atoms with Gasteiger partial charge in [0, 0.05) is 18.7 Å². The van der Waals surface area contributed by atoms with Gasteiger partial charge in [-0.25, -0.2) is 0 Å². The van der Waals surface area contributed by atoms with Crippen molar-refractivity contribution in [2.75, 3.05) is 30.8 Å². The standard InChI is InChI=1S/C14H19N5O/c1-4-19(5-2)14-17-12(16-13(15)18-14)10-7-6-8-11(9-10)20-3/h6-9H,4-5H2,1-3H3,(H2,15,16,17,18). The highest BCUT2D eigenvalue weighted by Crippen LogP contribution is 2.22. The maximum atomic E-state index is 5.79. The molecule has 0 bridgehead atoms. The average molecular weight is 273 g/mol. The molecule has 2 rings (SSSR count). The summed E-state index contributed by atoms with van der Waals surface area (Å²) in [4.78, 5) is 14.9. The molecule has 0 aliphatic rings. The predicted octanol–water partition coefficient (Wildman–Crippen LogP) is 1.98. The summed E-state index contributed by atoms with van der Waals surface area (Å²) in [6.07, 6.45) is 0. The Balaban J connectivity index is 2.45. The Morgan fingerprint density at radius 2 is 1.90 bits per heavy atom. The van der Waals surface area contributed by atoms with E-state index in [0.717, 1.165) is 24.4 Å². The Hall–Kier alpha value is -2.37. The number of methoxy groups -OCH3 is 1. The van der Waals surface area contributed by atoms with Gasteiger partial charge in [-0.05, 0) is 26.0 Å². The number of ether oxygens (including phenoxy) is 1. The largest absolute Gasteiger partial charge is 0.497 e. The zero-order valence-corrected chi connectivity index (χ0v) is 12.0.